The summed E-state index contributed by atoms with van der Waals surface area (Å²) < 4.78 is 5.29. The molecule has 0 saturated carbocycles. The molecule has 1 aliphatic heterocycles. The normalized spacial score (nSPS) is 18.1. The van der Waals surface area contributed by atoms with Crippen LogP contribution in [0.25, 0.3) is 0 Å². The van der Waals surface area contributed by atoms with E-state index in [4.69, 9.17) is 4.74 Å². The number of anilines is 1. The summed E-state index contributed by atoms with van der Waals surface area (Å²) in [5.41, 5.74) is 1.09. The van der Waals surface area contributed by atoms with E-state index in [0.29, 0.717) is 11.0 Å². The van der Waals surface area contributed by atoms with E-state index in [1.165, 1.54) is 24.6 Å². The second-order valence-electron chi connectivity index (χ2n) is 6.45. The molecule has 0 aliphatic carbocycles. The molecule has 3 rings (SSSR count). The smallest absolute Gasteiger partial charge is 0.223 e. The van der Waals surface area contributed by atoms with Gasteiger partial charge >= 0.3 is 0 Å². The third kappa shape index (κ3) is 5.24. The number of aromatic nitrogens is 2. The lowest BCUT2D eigenvalue weighted by Gasteiger charge is -2.32. The molecule has 0 spiro atoms. The van der Waals surface area contributed by atoms with Gasteiger partial charge in [0, 0.05) is 49.0 Å². The molecule has 0 unspecified atom stereocenters. The third-order valence-electron chi connectivity index (χ3n) is 4.34. The van der Waals surface area contributed by atoms with Crippen LogP contribution in [-0.4, -0.2) is 41.0 Å². The van der Waals surface area contributed by atoms with Crippen molar-refractivity contribution in [3.63, 3.8) is 0 Å². The molecule has 7 heteroatoms. The number of hydrogen-bond acceptors (Lipinski definition) is 6. The van der Waals surface area contributed by atoms with Gasteiger partial charge in [-0.15, -0.1) is 11.3 Å². The fourth-order valence-corrected chi connectivity index (χ4v) is 4.16. The number of ether oxygens (including phenoxy) is 1. The Hall–Kier alpha value is -1.99. The van der Waals surface area contributed by atoms with E-state index < -0.39 is 0 Å². The average Bonchev–Trinajstić information content (AvgIpc) is 3.01. The van der Waals surface area contributed by atoms with Crippen LogP contribution in [-0.2, 0) is 17.8 Å². The number of methoxy groups -OCH3 is 1. The summed E-state index contributed by atoms with van der Waals surface area (Å²) in [5, 5.41) is 3.42. The van der Waals surface area contributed by atoms with Gasteiger partial charge in [0.05, 0.1) is 7.11 Å². The fourth-order valence-electron chi connectivity index (χ4n) is 3.26. The van der Waals surface area contributed by atoms with Crippen molar-refractivity contribution < 1.29 is 9.53 Å². The first-order chi connectivity index (χ1) is 12.1. The second-order valence-corrected chi connectivity index (χ2v) is 7.56. The first-order valence-corrected chi connectivity index (χ1v) is 9.37. The first-order valence-electron chi connectivity index (χ1n) is 8.56. The number of rotatable bonds is 6. The molecule has 25 heavy (non-hydrogen) atoms. The van der Waals surface area contributed by atoms with Gasteiger partial charge in [-0.2, -0.15) is 0 Å². The van der Waals surface area contributed by atoms with Gasteiger partial charge in [-0.3, -0.25) is 14.7 Å². The topological polar surface area (TPSA) is 67.3 Å². The van der Waals surface area contributed by atoms with E-state index in [1.54, 1.807) is 18.4 Å². The minimum Gasteiger partial charge on any atom is -0.497 e. The third-order valence-corrected chi connectivity index (χ3v) is 5.24. The Morgan fingerprint density at radius 3 is 3.16 bits per heavy atom. The first kappa shape index (κ1) is 17.8. The molecule has 3 heterocycles. The standard InChI is InChI=1S/C18H24N4O2S/c1-13(23)21-18-20-10-17(25-18)12-22-7-3-4-14(11-22)8-15-9-16(24-2)5-6-19-15/h5-6,9-10,14H,3-4,7-8,11-12H2,1-2H3,(H,20,21,23)/t14-/m0/s1. The molecule has 1 atom stereocenters. The van der Waals surface area contributed by atoms with Crippen molar-refractivity contribution in [2.45, 2.75) is 32.7 Å². The highest BCUT2D eigenvalue weighted by Crippen LogP contribution is 2.25. The van der Waals surface area contributed by atoms with Crippen LogP contribution >= 0.6 is 11.3 Å². The molecule has 134 valence electrons. The number of thiazole rings is 1. The lowest BCUT2D eigenvalue weighted by molar-refractivity contribution is -0.114. The van der Waals surface area contributed by atoms with Crippen molar-refractivity contribution >= 4 is 22.4 Å². The molecule has 1 aliphatic rings. The predicted octanol–water partition coefficient (Wildman–Crippen LogP) is 2.96. The van der Waals surface area contributed by atoms with Gasteiger partial charge in [-0.25, -0.2) is 4.98 Å². The van der Waals surface area contributed by atoms with Gasteiger partial charge in [0.25, 0.3) is 0 Å². The molecule has 2 aromatic heterocycles. The van der Waals surface area contributed by atoms with E-state index in [-0.39, 0.29) is 5.91 Å². The Bertz CT molecular complexity index is 719. The van der Waals surface area contributed by atoms with E-state index >= 15 is 0 Å². The van der Waals surface area contributed by atoms with Crippen molar-refractivity contribution in [1.82, 2.24) is 14.9 Å². The Balaban J connectivity index is 1.55. The van der Waals surface area contributed by atoms with E-state index in [0.717, 1.165) is 37.5 Å². The van der Waals surface area contributed by atoms with E-state index in [9.17, 15) is 4.79 Å². The van der Waals surface area contributed by atoms with Crippen LogP contribution in [0.4, 0.5) is 5.13 Å². The van der Waals surface area contributed by atoms with Crippen LogP contribution in [0.2, 0.25) is 0 Å². The van der Waals surface area contributed by atoms with Gasteiger partial charge in [-0.05, 0) is 37.8 Å². The maximum Gasteiger partial charge on any atom is 0.223 e. The van der Waals surface area contributed by atoms with Crippen molar-refractivity contribution in [3.05, 3.63) is 35.1 Å². The maximum absolute atomic E-state index is 11.1. The highest BCUT2D eigenvalue weighted by molar-refractivity contribution is 7.15. The largest absolute Gasteiger partial charge is 0.497 e. The summed E-state index contributed by atoms with van der Waals surface area (Å²) in [6.07, 6.45) is 7.09. The number of carbonyl (C=O) groups is 1. The molecule has 0 radical (unpaired) electrons. The average molecular weight is 360 g/mol. The van der Waals surface area contributed by atoms with E-state index in [1.807, 2.05) is 24.5 Å². The van der Waals surface area contributed by atoms with Crippen LogP contribution in [0.3, 0.4) is 0 Å². The van der Waals surface area contributed by atoms with Crippen molar-refractivity contribution in [1.29, 1.82) is 0 Å². The van der Waals surface area contributed by atoms with Crippen molar-refractivity contribution in [2.75, 3.05) is 25.5 Å². The molecule has 1 amide bonds. The Morgan fingerprint density at radius 2 is 2.36 bits per heavy atom. The van der Waals surface area contributed by atoms with Crippen LogP contribution in [0.1, 0.15) is 30.3 Å². The maximum atomic E-state index is 11.1. The molecule has 2 aromatic rings. The number of amides is 1. The van der Waals surface area contributed by atoms with E-state index in [2.05, 4.69) is 20.2 Å². The summed E-state index contributed by atoms with van der Waals surface area (Å²) in [5.74, 6) is 1.40. The lowest BCUT2D eigenvalue weighted by atomic mass is 9.93. The summed E-state index contributed by atoms with van der Waals surface area (Å²) >= 11 is 1.55. The van der Waals surface area contributed by atoms with Gasteiger partial charge in [0.1, 0.15) is 5.75 Å². The van der Waals surface area contributed by atoms with Gasteiger partial charge in [0.2, 0.25) is 5.91 Å². The minimum atomic E-state index is -0.0790. The Morgan fingerprint density at radius 1 is 1.48 bits per heavy atom. The highest BCUT2D eigenvalue weighted by Gasteiger charge is 2.21. The predicted molar refractivity (Wildman–Crippen MR) is 98.9 cm³/mol. The monoisotopic (exact) mass is 360 g/mol. The fraction of sp³-hybridized carbons (Fsp3) is 0.500. The van der Waals surface area contributed by atoms with Crippen LogP contribution in [0, 0.1) is 5.92 Å². The number of nitrogens with zero attached hydrogens (tertiary/aromatic N) is 3. The molecule has 0 aromatic carbocycles. The molecule has 1 N–H and O–H groups in total. The number of likely N-dealkylation sites (tertiary alicyclic amines) is 1. The molecule has 1 fully saturated rings. The zero-order valence-corrected chi connectivity index (χ0v) is 15.5. The number of hydrogen-bond donors (Lipinski definition) is 1. The Kier molecular flexibility index (Phi) is 5.99. The number of nitrogens with one attached hydrogen (secondary N) is 1. The molecule has 1 saturated heterocycles. The molecular formula is C18H24N4O2S. The van der Waals surface area contributed by atoms with Crippen LogP contribution < -0.4 is 10.1 Å². The van der Waals surface area contributed by atoms with Crippen molar-refractivity contribution in [2.24, 2.45) is 5.92 Å². The summed E-state index contributed by atoms with van der Waals surface area (Å²) in [7, 11) is 1.69. The van der Waals surface area contributed by atoms with Crippen LogP contribution in [0.15, 0.2) is 24.5 Å². The zero-order chi connectivity index (χ0) is 17.6. The van der Waals surface area contributed by atoms with Crippen LogP contribution in [0.5, 0.6) is 5.75 Å². The molecule has 0 bridgehead atoms. The second kappa shape index (κ2) is 8.40. The number of piperidine rings is 1. The number of pyridine rings is 1. The number of carbonyl (C=O) groups excluding carboxylic acids is 1. The van der Waals surface area contributed by atoms with Crippen molar-refractivity contribution in [3.8, 4) is 5.75 Å². The zero-order valence-electron chi connectivity index (χ0n) is 14.7. The highest BCUT2D eigenvalue weighted by atomic mass is 32.1. The minimum absolute atomic E-state index is 0.0790. The van der Waals surface area contributed by atoms with Gasteiger partial charge in [0.15, 0.2) is 5.13 Å². The van der Waals surface area contributed by atoms with Gasteiger partial charge in [-0.1, -0.05) is 0 Å². The quantitative estimate of drug-likeness (QED) is 0.858. The summed E-state index contributed by atoms with van der Waals surface area (Å²) in [6.45, 7) is 4.56. The molecule has 6 nitrogen and oxygen atoms in total. The Labute approximate surface area is 152 Å². The summed E-state index contributed by atoms with van der Waals surface area (Å²) in [6, 6.07) is 3.91. The SMILES string of the molecule is COc1ccnc(C[C@@H]2CCCN(Cc3cnc(NC(C)=O)s3)C2)c1. The molecular weight excluding hydrogens is 336 g/mol. The summed E-state index contributed by atoms with van der Waals surface area (Å²) in [4.78, 5) is 23.5. The lowest BCUT2D eigenvalue weighted by Crippen LogP contribution is -2.35. The van der Waals surface area contributed by atoms with Gasteiger partial charge < -0.3 is 10.1 Å².